The highest BCUT2D eigenvalue weighted by atomic mass is 35.5. The van der Waals surface area contributed by atoms with Gasteiger partial charge in [0.1, 0.15) is 5.15 Å². The molecule has 0 radical (unpaired) electrons. The van der Waals surface area contributed by atoms with E-state index in [-0.39, 0.29) is 0 Å². The Morgan fingerprint density at radius 3 is 2.89 bits per heavy atom. The number of halogens is 1. The maximum Gasteiger partial charge on any atom is 0.130 e. The molecule has 0 aromatic carbocycles. The zero-order chi connectivity index (χ0) is 13.1. The molecule has 102 valence electrons. The minimum absolute atomic E-state index is 0.442. The molecule has 1 saturated heterocycles. The monoisotopic (exact) mass is 271 g/mol. The van der Waals surface area contributed by atoms with Crippen LogP contribution in [0.2, 0.25) is 5.15 Å². The van der Waals surface area contributed by atoms with E-state index in [1.165, 1.54) is 6.42 Å². The molecule has 2 atom stereocenters. The number of likely N-dealkylation sites (N-methyl/N-ethyl adjacent to an activating group) is 1. The fourth-order valence-corrected chi connectivity index (χ4v) is 2.88. The molecular weight excluding hydrogens is 250 g/mol. The molecule has 1 N–H and O–H groups in total. The summed E-state index contributed by atoms with van der Waals surface area (Å²) >= 11 is 6.28. The summed E-state index contributed by atoms with van der Waals surface area (Å²) in [4.78, 5) is 0. The molecule has 2 rings (SSSR count). The molecule has 0 amide bonds. The van der Waals surface area contributed by atoms with Crippen LogP contribution in [-0.2, 0) is 18.2 Å². The number of nitrogens with one attached hydrogen (secondary N) is 1. The first-order valence-corrected chi connectivity index (χ1v) is 6.92. The summed E-state index contributed by atoms with van der Waals surface area (Å²) in [6.07, 6.45) is 3.25. The van der Waals surface area contributed by atoms with Gasteiger partial charge in [0, 0.05) is 31.9 Å². The summed E-state index contributed by atoms with van der Waals surface area (Å²) in [6.45, 7) is 3.83. The molecule has 0 saturated carbocycles. The second-order valence-electron chi connectivity index (χ2n) is 5.13. The molecule has 5 heteroatoms. The van der Waals surface area contributed by atoms with Crippen molar-refractivity contribution in [2.24, 2.45) is 13.0 Å². The topological polar surface area (TPSA) is 39.1 Å². The van der Waals surface area contributed by atoms with Gasteiger partial charge in [-0.3, -0.25) is 4.68 Å². The molecule has 18 heavy (non-hydrogen) atoms. The molecule has 1 aromatic rings. The summed E-state index contributed by atoms with van der Waals surface area (Å²) in [7, 11) is 3.90. The minimum atomic E-state index is 0.442. The summed E-state index contributed by atoms with van der Waals surface area (Å²) in [6, 6.07) is 0.442. The Hall–Kier alpha value is -0.580. The van der Waals surface area contributed by atoms with Crippen LogP contribution in [0.15, 0.2) is 0 Å². The van der Waals surface area contributed by atoms with Crippen molar-refractivity contribution in [1.82, 2.24) is 15.1 Å². The van der Waals surface area contributed by atoms with Crippen LogP contribution in [0.4, 0.5) is 0 Å². The summed E-state index contributed by atoms with van der Waals surface area (Å²) < 4.78 is 7.18. The van der Waals surface area contributed by atoms with Gasteiger partial charge in [0.15, 0.2) is 0 Å². The molecule has 2 unspecified atom stereocenters. The smallest absolute Gasteiger partial charge is 0.130 e. The van der Waals surface area contributed by atoms with Gasteiger partial charge in [-0.05, 0) is 39.2 Å². The molecule has 4 nitrogen and oxygen atoms in total. The first-order valence-electron chi connectivity index (χ1n) is 6.54. The van der Waals surface area contributed by atoms with Crippen LogP contribution in [-0.4, -0.2) is 36.1 Å². The second kappa shape index (κ2) is 6.04. The maximum absolute atomic E-state index is 6.28. The van der Waals surface area contributed by atoms with Crippen LogP contribution in [0, 0.1) is 12.8 Å². The van der Waals surface area contributed by atoms with Crippen LogP contribution >= 0.6 is 11.6 Å². The van der Waals surface area contributed by atoms with Gasteiger partial charge in [0.25, 0.3) is 0 Å². The van der Waals surface area contributed by atoms with Crippen LogP contribution in [0.5, 0.6) is 0 Å². The predicted octanol–water partition coefficient (Wildman–Crippen LogP) is 1.94. The van der Waals surface area contributed by atoms with E-state index in [0.29, 0.717) is 12.0 Å². The first kappa shape index (κ1) is 13.8. The van der Waals surface area contributed by atoms with Crippen LogP contribution < -0.4 is 5.32 Å². The van der Waals surface area contributed by atoms with Gasteiger partial charge in [-0.1, -0.05) is 11.6 Å². The Balaban J connectivity index is 2.00. The van der Waals surface area contributed by atoms with E-state index in [1.54, 1.807) is 4.68 Å². The molecule has 1 aliphatic rings. The van der Waals surface area contributed by atoms with E-state index in [4.69, 9.17) is 16.3 Å². The van der Waals surface area contributed by atoms with Gasteiger partial charge in [-0.25, -0.2) is 0 Å². The van der Waals surface area contributed by atoms with Crippen LogP contribution in [0.25, 0.3) is 0 Å². The van der Waals surface area contributed by atoms with Crippen molar-refractivity contribution in [3.63, 3.8) is 0 Å². The molecule has 1 aliphatic heterocycles. The normalized spacial score (nSPS) is 21.4. The van der Waals surface area contributed by atoms with E-state index >= 15 is 0 Å². The molecule has 1 aromatic heterocycles. The highest BCUT2D eigenvalue weighted by molar-refractivity contribution is 6.30. The predicted molar refractivity (Wildman–Crippen MR) is 73.0 cm³/mol. The lowest BCUT2D eigenvalue weighted by molar-refractivity contribution is 0.181. The van der Waals surface area contributed by atoms with Gasteiger partial charge in [-0.2, -0.15) is 5.10 Å². The van der Waals surface area contributed by atoms with Gasteiger partial charge in [-0.15, -0.1) is 0 Å². The van der Waals surface area contributed by atoms with Crippen LogP contribution in [0.3, 0.4) is 0 Å². The Kier molecular flexibility index (Phi) is 4.65. The molecule has 0 spiro atoms. The SMILES string of the molecule is CNC(Cc1c(C)nn(C)c1Cl)CC1CCOC1. The highest BCUT2D eigenvalue weighted by Crippen LogP contribution is 2.24. The zero-order valence-electron chi connectivity index (χ0n) is 11.4. The lowest BCUT2D eigenvalue weighted by atomic mass is 9.95. The number of aryl methyl sites for hydroxylation is 2. The maximum atomic E-state index is 6.28. The number of ether oxygens (including phenoxy) is 1. The fourth-order valence-electron chi connectivity index (χ4n) is 2.63. The standard InChI is InChI=1S/C13H22ClN3O/c1-9-12(13(14)17(3)16-9)7-11(15-2)6-10-4-5-18-8-10/h10-11,15H,4-8H2,1-3H3. The average Bonchev–Trinajstić information content (AvgIpc) is 2.92. The van der Waals surface area contributed by atoms with E-state index < -0.39 is 0 Å². The van der Waals surface area contributed by atoms with Gasteiger partial charge >= 0.3 is 0 Å². The van der Waals surface area contributed by atoms with E-state index in [9.17, 15) is 0 Å². The van der Waals surface area contributed by atoms with Crippen molar-refractivity contribution >= 4 is 11.6 Å². The molecular formula is C13H22ClN3O. The Bertz CT molecular complexity index is 399. The third-order valence-corrected chi connectivity index (χ3v) is 4.24. The third kappa shape index (κ3) is 3.05. The average molecular weight is 272 g/mol. The molecule has 0 bridgehead atoms. The Morgan fingerprint density at radius 2 is 2.39 bits per heavy atom. The summed E-state index contributed by atoms with van der Waals surface area (Å²) in [5.41, 5.74) is 2.20. The molecule has 2 heterocycles. The van der Waals surface area contributed by atoms with Gasteiger partial charge in [0.2, 0.25) is 0 Å². The number of nitrogens with zero attached hydrogens (tertiary/aromatic N) is 2. The van der Waals surface area contributed by atoms with E-state index in [1.807, 2.05) is 21.0 Å². The third-order valence-electron chi connectivity index (χ3n) is 3.77. The lowest BCUT2D eigenvalue weighted by Crippen LogP contribution is -2.30. The van der Waals surface area contributed by atoms with Gasteiger partial charge < -0.3 is 10.1 Å². The van der Waals surface area contributed by atoms with Crippen molar-refractivity contribution in [3.05, 3.63) is 16.4 Å². The minimum Gasteiger partial charge on any atom is -0.381 e. The van der Waals surface area contributed by atoms with Crippen molar-refractivity contribution in [2.45, 2.75) is 32.2 Å². The lowest BCUT2D eigenvalue weighted by Gasteiger charge is -2.19. The summed E-state index contributed by atoms with van der Waals surface area (Å²) in [5, 5.41) is 8.51. The first-order chi connectivity index (χ1) is 8.61. The summed E-state index contributed by atoms with van der Waals surface area (Å²) in [5.74, 6) is 0.679. The van der Waals surface area contributed by atoms with Crippen molar-refractivity contribution in [3.8, 4) is 0 Å². The number of aromatic nitrogens is 2. The fraction of sp³-hybridized carbons (Fsp3) is 0.769. The van der Waals surface area contributed by atoms with Crippen molar-refractivity contribution < 1.29 is 4.74 Å². The number of hydrogen-bond acceptors (Lipinski definition) is 3. The second-order valence-corrected chi connectivity index (χ2v) is 5.49. The highest BCUT2D eigenvalue weighted by Gasteiger charge is 2.22. The van der Waals surface area contributed by atoms with Gasteiger partial charge in [0.05, 0.1) is 5.69 Å². The van der Waals surface area contributed by atoms with Crippen molar-refractivity contribution in [1.29, 1.82) is 0 Å². The van der Waals surface area contributed by atoms with E-state index in [2.05, 4.69) is 10.4 Å². The molecule has 1 fully saturated rings. The number of rotatable bonds is 5. The quantitative estimate of drug-likeness (QED) is 0.890. The number of hydrogen-bond donors (Lipinski definition) is 1. The zero-order valence-corrected chi connectivity index (χ0v) is 12.1. The molecule has 0 aliphatic carbocycles. The van der Waals surface area contributed by atoms with E-state index in [0.717, 1.165) is 42.5 Å². The van der Waals surface area contributed by atoms with Crippen molar-refractivity contribution in [2.75, 3.05) is 20.3 Å². The Morgan fingerprint density at radius 1 is 1.61 bits per heavy atom. The van der Waals surface area contributed by atoms with Crippen LogP contribution in [0.1, 0.15) is 24.1 Å². The Labute approximate surface area is 114 Å². The largest absolute Gasteiger partial charge is 0.381 e.